The maximum Gasteiger partial charge on any atom is 0.262 e. The topological polar surface area (TPSA) is 94.0 Å². The molecule has 0 aliphatic carbocycles. The predicted octanol–water partition coefficient (Wildman–Crippen LogP) is 0.490. The SMILES string of the molecule is Cn1cnc(S(=O)(=O)N2C[C@@H](Oc3ccccc3)C[C@H]2C(=O)N2CCOCC2)c1. The Bertz CT molecular complexity index is 956. The molecule has 2 fully saturated rings. The fourth-order valence-corrected chi connectivity index (χ4v) is 5.27. The molecule has 0 radical (unpaired) electrons. The summed E-state index contributed by atoms with van der Waals surface area (Å²) in [6.45, 7) is 1.91. The summed E-state index contributed by atoms with van der Waals surface area (Å²) in [6, 6.07) is 8.38. The molecule has 0 unspecified atom stereocenters. The molecule has 29 heavy (non-hydrogen) atoms. The van der Waals surface area contributed by atoms with Crippen molar-refractivity contribution >= 4 is 15.9 Å². The smallest absolute Gasteiger partial charge is 0.262 e. The molecule has 2 saturated heterocycles. The van der Waals surface area contributed by atoms with Crippen LogP contribution >= 0.6 is 0 Å². The molecule has 0 N–H and O–H groups in total. The molecule has 4 rings (SSSR count). The van der Waals surface area contributed by atoms with E-state index in [1.54, 1.807) is 16.5 Å². The second-order valence-electron chi connectivity index (χ2n) is 7.19. The van der Waals surface area contributed by atoms with Gasteiger partial charge in [-0.2, -0.15) is 4.31 Å². The monoisotopic (exact) mass is 420 g/mol. The molecule has 156 valence electrons. The number of aryl methyl sites for hydroxylation is 1. The normalized spacial score (nSPS) is 23.3. The predicted molar refractivity (Wildman–Crippen MR) is 104 cm³/mol. The number of aromatic nitrogens is 2. The van der Waals surface area contributed by atoms with Crippen LogP contribution in [0.15, 0.2) is 47.9 Å². The molecule has 10 heteroatoms. The van der Waals surface area contributed by atoms with E-state index in [-0.39, 0.29) is 23.9 Å². The van der Waals surface area contributed by atoms with E-state index in [1.807, 2.05) is 30.3 Å². The molecule has 2 aliphatic heterocycles. The van der Waals surface area contributed by atoms with Crippen molar-refractivity contribution in [3.8, 4) is 5.75 Å². The third kappa shape index (κ3) is 4.14. The molecule has 1 aromatic carbocycles. The number of sulfonamides is 1. The minimum Gasteiger partial charge on any atom is -0.489 e. The Morgan fingerprint density at radius 2 is 1.93 bits per heavy atom. The first-order valence-corrected chi connectivity index (χ1v) is 11.0. The standard InChI is InChI=1S/C19H24N4O5S/c1-21-13-18(20-14-21)29(25,26)23-12-16(28-15-5-3-2-4-6-15)11-17(23)19(24)22-7-9-27-10-8-22/h2-6,13-14,16-17H,7-12H2,1H3/t16-,17-/m0/s1. The summed E-state index contributed by atoms with van der Waals surface area (Å²) in [7, 11) is -2.23. The number of hydrogen-bond donors (Lipinski definition) is 0. The van der Waals surface area contributed by atoms with Gasteiger partial charge < -0.3 is 18.9 Å². The van der Waals surface area contributed by atoms with Gasteiger partial charge in [0.2, 0.25) is 5.91 Å². The first-order valence-electron chi connectivity index (χ1n) is 9.53. The van der Waals surface area contributed by atoms with Gasteiger partial charge in [0.1, 0.15) is 17.9 Å². The molecule has 0 bridgehead atoms. The Labute approximate surface area is 169 Å². The minimum atomic E-state index is -3.93. The second kappa shape index (κ2) is 8.13. The average Bonchev–Trinajstić information content (AvgIpc) is 3.36. The quantitative estimate of drug-likeness (QED) is 0.699. The largest absolute Gasteiger partial charge is 0.489 e. The van der Waals surface area contributed by atoms with Gasteiger partial charge in [0.05, 0.1) is 26.1 Å². The minimum absolute atomic E-state index is 0.0693. The second-order valence-corrected chi connectivity index (χ2v) is 9.03. The zero-order chi connectivity index (χ0) is 20.4. The number of amides is 1. The van der Waals surface area contributed by atoms with Crippen molar-refractivity contribution in [2.75, 3.05) is 32.8 Å². The van der Waals surface area contributed by atoms with Crippen LogP contribution in [0.3, 0.4) is 0 Å². The van der Waals surface area contributed by atoms with E-state index in [0.29, 0.717) is 32.1 Å². The molecule has 1 aromatic heterocycles. The van der Waals surface area contributed by atoms with E-state index in [0.717, 1.165) is 0 Å². The van der Waals surface area contributed by atoms with Crippen molar-refractivity contribution in [2.24, 2.45) is 7.05 Å². The van der Waals surface area contributed by atoms with E-state index in [1.165, 1.54) is 16.8 Å². The third-order valence-electron chi connectivity index (χ3n) is 5.13. The lowest BCUT2D eigenvalue weighted by Crippen LogP contribution is -2.51. The number of morpholine rings is 1. The number of hydrogen-bond acceptors (Lipinski definition) is 6. The molecule has 2 aromatic rings. The maximum atomic E-state index is 13.2. The van der Waals surface area contributed by atoms with Gasteiger partial charge in [0.25, 0.3) is 10.0 Å². The summed E-state index contributed by atoms with van der Waals surface area (Å²) in [5.41, 5.74) is 0. The number of para-hydroxylation sites is 1. The van der Waals surface area contributed by atoms with Crippen molar-refractivity contribution in [3.63, 3.8) is 0 Å². The van der Waals surface area contributed by atoms with Crippen molar-refractivity contribution in [2.45, 2.75) is 23.6 Å². The highest BCUT2D eigenvalue weighted by molar-refractivity contribution is 7.89. The Balaban J connectivity index is 1.60. The zero-order valence-electron chi connectivity index (χ0n) is 16.2. The molecule has 1 amide bonds. The van der Waals surface area contributed by atoms with Gasteiger partial charge in [-0.1, -0.05) is 18.2 Å². The van der Waals surface area contributed by atoms with Crippen LogP contribution in [0.4, 0.5) is 0 Å². The zero-order valence-corrected chi connectivity index (χ0v) is 17.0. The Hall–Kier alpha value is -2.43. The van der Waals surface area contributed by atoms with Gasteiger partial charge >= 0.3 is 0 Å². The molecule has 0 saturated carbocycles. The molecule has 3 heterocycles. The van der Waals surface area contributed by atoms with E-state index in [9.17, 15) is 13.2 Å². The molecule has 9 nitrogen and oxygen atoms in total. The van der Waals surface area contributed by atoms with E-state index in [2.05, 4.69) is 4.98 Å². The lowest BCUT2D eigenvalue weighted by molar-refractivity contribution is -0.138. The van der Waals surface area contributed by atoms with E-state index < -0.39 is 22.2 Å². The Morgan fingerprint density at radius 3 is 2.59 bits per heavy atom. The van der Waals surface area contributed by atoms with Crippen LogP contribution in [0, 0.1) is 0 Å². The van der Waals surface area contributed by atoms with Crippen molar-refractivity contribution in [1.82, 2.24) is 18.8 Å². The van der Waals surface area contributed by atoms with E-state index >= 15 is 0 Å². The maximum absolute atomic E-state index is 13.2. The number of benzene rings is 1. The van der Waals surface area contributed by atoms with Crippen LogP contribution in [0.2, 0.25) is 0 Å². The third-order valence-corrected chi connectivity index (χ3v) is 6.89. The molecule has 2 atom stereocenters. The van der Waals surface area contributed by atoms with Crippen molar-refractivity contribution in [3.05, 3.63) is 42.9 Å². The van der Waals surface area contributed by atoms with Gasteiger partial charge in [-0.25, -0.2) is 13.4 Å². The summed E-state index contributed by atoms with van der Waals surface area (Å²) < 4.78 is 40.6. The number of imidazole rings is 1. The van der Waals surface area contributed by atoms with E-state index in [4.69, 9.17) is 9.47 Å². The number of rotatable bonds is 5. The molecule has 0 spiro atoms. The van der Waals surface area contributed by atoms with Gasteiger partial charge in [-0.15, -0.1) is 0 Å². The number of carbonyl (C=O) groups is 1. The lowest BCUT2D eigenvalue weighted by atomic mass is 10.1. The number of nitrogens with zero attached hydrogens (tertiary/aromatic N) is 4. The highest BCUT2D eigenvalue weighted by Gasteiger charge is 2.47. The lowest BCUT2D eigenvalue weighted by Gasteiger charge is -2.31. The molecular weight excluding hydrogens is 396 g/mol. The Kier molecular flexibility index (Phi) is 5.57. The summed E-state index contributed by atoms with van der Waals surface area (Å²) in [5.74, 6) is 0.430. The molecule has 2 aliphatic rings. The number of ether oxygens (including phenoxy) is 2. The highest BCUT2D eigenvalue weighted by atomic mass is 32.2. The fraction of sp³-hybridized carbons (Fsp3) is 0.474. The van der Waals surface area contributed by atoms with Gasteiger partial charge in [0.15, 0.2) is 5.03 Å². The fourth-order valence-electron chi connectivity index (χ4n) is 3.67. The summed E-state index contributed by atoms with van der Waals surface area (Å²) in [6.07, 6.45) is 2.74. The van der Waals surface area contributed by atoms with Crippen LogP contribution < -0.4 is 4.74 Å². The van der Waals surface area contributed by atoms with Crippen molar-refractivity contribution in [1.29, 1.82) is 0 Å². The van der Waals surface area contributed by atoms with Crippen LogP contribution in [0.25, 0.3) is 0 Å². The average molecular weight is 420 g/mol. The van der Waals surface area contributed by atoms with Crippen LogP contribution in [-0.2, 0) is 26.6 Å². The van der Waals surface area contributed by atoms with Crippen LogP contribution in [0.1, 0.15) is 6.42 Å². The molecular formula is C19H24N4O5S. The highest BCUT2D eigenvalue weighted by Crippen LogP contribution is 2.29. The van der Waals surface area contributed by atoms with Crippen molar-refractivity contribution < 1.29 is 22.7 Å². The Morgan fingerprint density at radius 1 is 1.21 bits per heavy atom. The van der Waals surface area contributed by atoms with Crippen LogP contribution in [0.5, 0.6) is 5.75 Å². The van der Waals surface area contributed by atoms with Crippen LogP contribution in [-0.4, -0.2) is 78.1 Å². The number of carbonyl (C=O) groups excluding carboxylic acids is 1. The summed E-state index contributed by atoms with van der Waals surface area (Å²) in [5, 5.41) is -0.0693. The first-order chi connectivity index (χ1) is 13.9. The van der Waals surface area contributed by atoms with Gasteiger partial charge in [-0.05, 0) is 12.1 Å². The summed E-state index contributed by atoms with van der Waals surface area (Å²) in [4.78, 5) is 18.8. The summed E-state index contributed by atoms with van der Waals surface area (Å²) >= 11 is 0. The van der Waals surface area contributed by atoms with Gasteiger partial charge in [0, 0.05) is 32.8 Å². The first kappa shape index (κ1) is 19.9. The van der Waals surface area contributed by atoms with Gasteiger partial charge in [-0.3, -0.25) is 4.79 Å².